The molecule has 1 atom stereocenters. The lowest BCUT2D eigenvalue weighted by Crippen LogP contribution is -2.39. The van der Waals surface area contributed by atoms with E-state index in [2.05, 4.69) is 4.99 Å². The Bertz CT molecular complexity index is 1630. The lowest BCUT2D eigenvalue weighted by Gasteiger charge is -2.25. The van der Waals surface area contributed by atoms with E-state index in [1.165, 1.54) is 37.0 Å². The van der Waals surface area contributed by atoms with Crippen molar-refractivity contribution in [2.75, 3.05) is 28.4 Å². The highest BCUT2D eigenvalue weighted by Crippen LogP contribution is 2.36. The summed E-state index contributed by atoms with van der Waals surface area (Å²) >= 11 is 1.18. The van der Waals surface area contributed by atoms with Gasteiger partial charge in [0.15, 0.2) is 16.3 Å². The molecule has 0 spiro atoms. The van der Waals surface area contributed by atoms with Gasteiger partial charge < -0.3 is 23.7 Å². The van der Waals surface area contributed by atoms with Crippen molar-refractivity contribution in [1.29, 1.82) is 0 Å². The van der Waals surface area contributed by atoms with E-state index in [4.69, 9.17) is 23.7 Å². The zero-order valence-electron chi connectivity index (χ0n) is 21.7. The molecule has 1 aliphatic heterocycles. The number of hydrogen-bond donors (Lipinski definition) is 0. The minimum absolute atomic E-state index is 0.202. The van der Waals surface area contributed by atoms with Crippen LogP contribution in [0.4, 0.5) is 0 Å². The molecular weight excluding hydrogens is 512 g/mol. The van der Waals surface area contributed by atoms with Crippen LogP contribution >= 0.6 is 11.3 Å². The first kappa shape index (κ1) is 26.7. The third-order valence-corrected chi connectivity index (χ3v) is 6.89. The number of carbonyl (C=O) groups excluding carboxylic acids is 2. The maximum absolute atomic E-state index is 13.8. The molecule has 0 N–H and O–H groups in total. The Kier molecular flexibility index (Phi) is 7.67. The first-order chi connectivity index (χ1) is 18.2. The third-order valence-electron chi connectivity index (χ3n) is 5.91. The highest BCUT2D eigenvalue weighted by Gasteiger charge is 2.33. The number of fused-ring (bicyclic) bond motifs is 1. The molecule has 3 aromatic rings. The standard InChI is InChI=1S/C27H26N2O8S/c1-14-23(26(32)36-6)24(16-7-9-20(37-15(2)30)21(12-16)35-5)29-25(31)22(38-27(29)28-14)13-17-11-18(33-3)8-10-19(17)34-4/h7-13,24H,1-6H3/b22-13+/t24-/m0/s1. The normalized spacial score (nSPS) is 14.9. The number of allylic oxidation sites excluding steroid dienone is 1. The summed E-state index contributed by atoms with van der Waals surface area (Å²) in [7, 11) is 5.79. The molecule has 0 amide bonds. The van der Waals surface area contributed by atoms with Gasteiger partial charge >= 0.3 is 11.9 Å². The van der Waals surface area contributed by atoms with Gasteiger partial charge in [0.2, 0.25) is 0 Å². The molecule has 198 valence electrons. The number of thiazole rings is 1. The van der Waals surface area contributed by atoms with E-state index in [1.807, 2.05) is 0 Å². The van der Waals surface area contributed by atoms with Crippen LogP contribution in [0.15, 0.2) is 57.5 Å². The molecule has 1 aromatic heterocycles. The number of rotatable bonds is 7. The first-order valence-electron chi connectivity index (χ1n) is 11.4. The van der Waals surface area contributed by atoms with E-state index < -0.39 is 18.0 Å². The molecule has 0 aliphatic carbocycles. The minimum atomic E-state index is -0.867. The van der Waals surface area contributed by atoms with E-state index in [-0.39, 0.29) is 22.6 Å². The SMILES string of the molecule is COC(=O)C1=C(C)N=c2s/c(=C/c3cc(OC)ccc3OC)c(=O)n2[C@H]1c1ccc(OC(C)=O)c(OC)c1. The molecule has 0 unspecified atom stereocenters. The molecule has 0 saturated carbocycles. The molecule has 0 radical (unpaired) electrons. The number of aromatic nitrogens is 1. The van der Waals surface area contributed by atoms with Crippen LogP contribution in [-0.2, 0) is 14.3 Å². The third kappa shape index (κ3) is 4.92. The van der Waals surface area contributed by atoms with Gasteiger partial charge in [0.05, 0.1) is 50.3 Å². The molecule has 11 heteroatoms. The van der Waals surface area contributed by atoms with Crippen LogP contribution in [0, 0.1) is 0 Å². The maximum atomic E-state index is 13.8. The smallest absolute Gasteiger partial charge is 0.338 e. The van der Waals surface area contributed by atoms with E-state index in [1.54, 1.807) is 63.6 Å². The molecule has 2 heterocycles. The van der Waals surface area contributed by atoms with Gasteiger partial charge in [-0.25, -0.2) is 9.79 Å². The van der Waals surface area contributed by atoms with Crippen LogP contribution in [0.3, 0.4) is 0 Å². The van der Waals surface area contributed by atoms with Crippen LogP contribution in [0.25, 0.3) is 6.08 Å². The molecule has 0 fully saturated rings. The number of nitrogens with zero attached hydrogens (tertiary/aromatic N) is 2. The van der Waals surface area contributed by atoms with E-state index in [0.717, 1.165) is 0 Å². The van der Waals surface area contributed by atoms with Crippen molar-refractivity contribution in [3.05, 3.63) is 78.5 Å². The largest absolute Gasteiger partial charge is 0.497 e. The second-order valence-electron chi connectivity index (χ2n) is 8.19. The van der Waals surface area contributed by atoms with E-state index in [9.17, 15) is 14.4 Å². The summed E-state index contributed by atoms with van der Waals surface area (Å²) < 4.78 is 28.3. The van der Waals surface area contributed by atoms with Gasteiger partial charge in [-0.3, -0.25) is 14.2 Å². The summed E-state index contributed by atoms with van der Waals surface area (Å²) in [5, 5.41) is 0. The predicted molar refractivity (Wildman–Crippen MR) is 140 cm³/mol. The van der Waals surface area contributed by atoms with Gasteiger partial charge in [0, 0.05) is 12.5 Å². The highest BCUT2D eigenvalue weighted by molar-refractivity contribution is 7.07. The van der Waals surface area contributed by atoms with Crippen molar-refractivity contribution in [3.8, 4) is 23.0 Å². The Hall–Kier alpha value is -4.38. The Balaban J connectivity index is 1.97. The zero-order valence-corrected chi connectivity index (χ0v) is 22.5. The Morgan fingerprint density at radius 2 is 1.68 bits per heavy atom. The number of carbonyl (C=O) groups is 2. The molecule has 2 aromatic carbocycles. The van der Waals surface area contributed by atoms with Gasteiger partial charge in [-0.05, 0) is 48.9 Å². The van der Waals surface area contributed by atoms with Crippen LogP contribution in [0.5, 0.6) is 23.0 Å². The number of benzene rings is 2. The molecule has 0 saturated heterocycles. The van der Waals surface area contributed by atoms with Crippen LogP contribution in [-0.4, -0.2) is 44.9 Å². The van der Waals surface area contributed by atoms with Crippen molar-refractivity contribution < 1.29 is 33.3 Å². The maximum Gasteiger partial charge on any atom is 0.338 e. The quantitative estimate of drug-likeness (QED) is 0.333. The van der Waals surface area contributed by atoms with Gasteiger partial charge in [0.1, 0.15) is 11.5 Å². The van der Waals surface area contributed by atoms with E-state index in [0.29, 0.717) is 37.7 Å². The van der Waals surface area contributed by atoms with Crippen molar-refractivity contribution in [1.82, 2.24) is 4.57 Å². The minimum Gasteiger partial charge on any atom is -0.497 e. The Labute approximate surface area is 222 Å². The number of hydrogen-bond acceptors (Lipinski definition) is 10. The predicted octanol–water partition coefficient (Wildman–Crippen LogP) is 2.36. The van der Waals surface area contributed by atoms with Crippen molar-refractivity contribution in [2.24, 2.45) is 4.99 Å². The lowest BCUT2D eigenvalue weighted by atomic mass is 9.95. The summed E-state index contributed by atoms with van der Waals surface area (Å²) in [6.45, 7) is 2.97. The number of esters is 2. The van der Waals surface area contributed by atoms with Gasteiger partial charge in [-0.2, -0.15) is 0 Å². The first-order valence-corrected chi connectivity index (χ1v) is 12.2. The van der Waals surface area contributed by atoms with Crippen LogP contribution < -0.4 is 33.8 Å². The molecule has 4 rings (SSSR count). The van der Waals surface area contributed by atoms with Crippen molar-refractivity contribution in [2.45, 2.75) is 19.9 Å². The molecular formula is C27H26N2O8S. The zero-order chi connectivity index (χ0) is 27.6. The summed E-state index contributed by atoms with van der Waals surface area (Å²) in [6.07, 6.45) is 1.70. The topological polar surface area (TPSA) is 115 Å². The average molecular weight is 539 g/mol. The molecule has 0 bridgehead atoms. The van der Waals surface area contributed by atoms with Gasteiger partial charge in [-0.15, -0.1) is 0 Å². The summed E-state index contributed by atoms with van der Waals surface area (Å²) in [6, 6.07) is 9.24. The molecule has 38 heavy (non-hydrogen) atoms. The Morgan fingerprint density at radius 3 is 2.32 bits per heavy atom. The van der Waals surface area contributed by atoms with Crippen LogP contribution in [0.2, 0.25) is 0 Å². The fourth-order valence-electron chi connectivity index (χ4n) is 4.19. The average Bonchev–Trinajstić information content (AvgIpc) is 3.21. The van der Waals surface area contributed by atoms with Crippen molar-refractivity contribution >= 4 is 29.4 Å². The lowest BCUT2D eigenvalue weighted by molar-refractivity contribution is -0.136. The van der Waals surface area contributed by atoms with Gasteiger partial charge in [-0.1, -0.05) is 17.4 Å². The summed E-state index contributed by atoms with van der Waals surface area (Å²) in [5.74, 6) is 0.504. The number of methoxy groups -OCH3 is 4. The molecule has 1 aliphatic rings. The Morgan fingerprint density at radius 1 is 0.974 bits per heavy atom. The number of ether oxygens (including phenoxy) is 5. The van der Waals surface area contributed by atoms with Gasteiger partial charge in [0.25, 0.3) is 5.56 Å². The fraction of sp³-hybridized carbons (Fsp3) is 0.259. The summed E-state index contributed by atoms with van der Waals surface area (Å²) in [4.78, 5) is 43.2. The van der Waals surface area contributed by atoms with E-state index >= 15 is 0 Å². The highest BCUT2D eigenvalue weighted by atomic mass is 32.1. The second kappa shape index (κ2) is 10.9. The monoisotopic (exact) mass is 538 g/mol. The molecule has 10 nitrogen and oxygen atoms in total. The summed E-state index contributed by atoms with van der Waals surface area (Å²) in [5.41, 5.74) is 1.44. The fourth-order valence-corrected chi connectivity index (χ4v) is 5.23. The van der Waals surface area contributed by atoms with Crippen LogP contribution in [0.1, 0.15) is 31.0 Å². The van der Waals surface area contributed by atoms with Crippen molar-refractivity contribution in [3.63, 3.8) is 0 Å². The second-order valence-corrected chi connectivity index (χ2v) is 9.19.